The SMILES string of the molecule is NCCC(=O)NCS(=O)[O-]. The summed E-state index contributed by atoms with van der Waals surface area (Å²) in [4.78, 5) is 10.5. The molecule has 10 heavy (non-hydrogen) atoms. The standard InChI is InChI=1S/C4H10N2O3S/c5-2-1-4(7)6-3-10(8)9/h1-3,5H2,(H,6,7)(H,8,9)/p-1. The van der Waals surface area contributed by atoms with Gasteiger partial charge in [0.1, 0.15) is 0 Å². The molecule has 0 radical (unpaired) electrons. The Morgan fingerprint density at radius 3 is 2.70 bits per heavy atom. The van der Waals surface area contributed by atoms with Crippen LogP contribution in [-0.2, 0) is 15.9 Å². The maximum Gasteiger partial charge on any atom is 0.221 e. The van der Waals surface area contributed by atoms with Gasteiger partial charge in [-0.2, -0.15) is 0 Å². The Labute approximate surface area is 61.3 Å². The van der Waals surface area contributed by atoms with Crippen molar-refractivity contribution < 1.29 is 13.6 Å². The van der Waals surface area contributed by atoms with E-state index in [1.807, 2.05) is 0 Å². The summed E-state index contributed by atoms with van der Waals surface area (Å²) in [6, 6.07) is 0. The lowest BCUT2D eigenvalue weighted by molar-refractivity contribution is -0.120. The van der Waals surface area contributed by atoms with E-state index in [1.165, 1.54) is 0 Å². The Kier molecular flexibility index (Phi) is 5.09. The first-order valence-electron chi connectivity index (χ1n) is 2.69. The molecule has 0 aliphatic carbocycles. The van der Waals surface area contributed by atoms with E-state index >= 15 is 0 Å². The van der Waals surface area contributed by atoms with Crippen LogP contribution in [0.1, 0.15) is 6.42 Å². The molecule has 0 aromatic rings. The van der Waals surface area contributed by atoms with Crippen LogP contribution in [0.25, 0.3) is 0 Å². The number of nitrogens with two attached hydrogens (primary N) is 1. The van der Waals surface area contributed by atoms with Crippen LogP contribution in [0.15, 0.2) is 0 Å². The predicted molar refractivity (Wildman–Crippen MR) is 35.6 cm³/mol. The summed E-state index contributed by atoms with van der Waals surface area (Å²) in [5.74, 6) is -0.676. The Bertz CT molecular complexity index is 138. The number of carbonyl (C=O) groups is 1. The lowest BCUT2D eigenvalue weighted by atomic mass is 10.4. The van der Waals surface area contributed by atoms with Gasteiger partial charge in [-0.1, -0.05) is 0 Å². The van der Waals surface area contributed by atoms with Crippen molar-refractivity contribution in [3.63, 3.8) is 0 Å². The lowest BCUT2D eigenvalue weighted by Crippen LogP contribution is -2.28. The highest BCUT2D eigenvalue weighted by Crippen LogP contribution is 1.74. The average Bonchev–Trinajstić information content (AvgIpc) is 1.85. The fraction of sp³-hybridized carbons (Fsp3) is 0.750. The molecule has 0 aliphatic heterocycles. The minimum Gasteiger partial charge on any atom is -0.771 e. The van der Waals surface area contributed by atoms with E-state index in [0.29, 0.717) is 0 Å². The Balaban J connectivity index is 3.30. The largest absolute Gasteiger partial charge is 0.771 e. The molecule has 1 unspecified atom stereocenters. The molecule has 0 spiro atoms. The summed E-state index contributed by atoms with van der Waals surface area (Å²) in [5.41, 5.74) is 5.02. The molecule has 0 fully saturated rings. The maximum absolute atomic E-state index is 10.5. The van der Waals surface area contributed by atoms with Gasteiger partial charge in [-0.15, -0.1) is 0 Å². The highest BCUT2D eigenvalue weighted by molar-refractivity contribution is 7.79. The molecule has 0 aliphatic rings. The van der Waals surface area contributed by atoms with E-state index in [1.54, 1.807) is 0 Å². The first kappa shape index (κ1) is 9.54. The van der Waals surface area contributed by atoms with Gasteiger partial charge < -0.3 is 15.6 Å². The molecule has 60 valence electrons. The Morgan fingerprint density at radius 1 is 1.70 bits per heavy atom. The van der Waals surface area contributed by atoms with Gasteiger partial charge >= 0.3 is 0 Å². The van der Waals surface area contributed by atoms with Crippen molar-refractivity contribution in [3.8, 4) is 0 Å². The zero-order valence-corrected chi connectivity index (χ0v) is 6.15. The van der Waals surface area contributed by atoms with Gasteiger partial charge in [-0.25, -0.2) is 0 Å². The second-order valence-electron chi connectivity index (χ2n) is 1.59. The molecule has 5 nitrogen and oxygen atoms in total. The quantitative estimate of drug-likeness (QED) is 0.485. The summed E-state index contributed by atoms with van der Waals surface area (Å²) in [6.45, 7) is 0.233. The smallest absolute Gasteiger partial charge is 0.221 e. The third-order valence-electron chi connectivity index (χ3n) is 0.759. The zero-order valence-electron chi connectivity index (χ0n) is 5.33. The molecule has 0 rings (SSSR count). The number of nitrogens with one attached hydrogen (secondary N) is 1. The van der Waals surface area contributed by atoms with Gasteiger partial charge in [0.05, 0.1) is 5.88 Å². The highest BCUT2D eigenvalue weighted by atomic mass is 32.2. The molecule has 0 heterocycles. The first-order valence-corrected chi connectivity index (χ1v) is 3.94. The van der Waals surface area contributed by atoms with Crippen molar-refractivity contribution >= 4 is 17.0 Å². The normalized spacial score (nSPS) is 12.6. The Hall–Kier alpha value is -0.460. The van der Waals surface area contributed by atoms with Crippen LogP contribution in [0.2, 0.25) is 0 Å². The molecule has 0 aromatic heterocycles. The number of amides is 1. The van der Waals surface area contributed by atoms with Crippen LogP contribution in [0.5, 0.6) is 0 Å². The van der Waals surface area contributed by atoms with Crippen LogP contribution < -0.4 is 11.1 Å². The van der Waals surface area contributed by atoms with E-state index in [9.17, 15) is 13.6 Å². The molecule has 6 heteroatoms. The average molecular weight is 165 g/mol. The number of carbonyl (C=O) groups excluding carboxylic acids is 1. The van der Waals surface area contributed by atoms with Gasteiger partial charge in [-0.3, -0.25) is 9.00 Å². The van der Waals surface area contributed by atoms with Gasteiger partial charge in [0.25, 0.3) is 0 Å². The van der Waals surface area contributed by atoms with Crippen LogP contribution >= 0.6 is 0 Å². The topological polar surface area (TPSA) is 95.2 Å². The van der Waals surface area contributed by atoms with Crippen molar-refractivity contribution in [3.05, 3.63) is 0 Å². The van der Waals surface area contributed by atoms with E-state index in [0.717, 1.165) is 0 Å². The van der Waals surface area contributed by atoms with Crippen LogP contribution in [-0.4, -0.2) is 27.1 Å². The predicted octanol–water partition coefficient (Wildman–Crippen LogP) is -1.71. The lowest BCUT2D eigenvalue weighted by Gasteiger charge is -2.05. The van der Waals surface area contributed by atoms with Crippen molar-refractivity contribution in [2.75, 3.05) is 12.4 Å². The van der Waals surface area contributed by atoms with Crippen molar-refractivity contribution in [2.24, 2.45) is 5.73 Å². The van der Waals surface area contributed by atoms with Gasteiger partial charge in [0.2, 0.25) is 5.91 Å². The van der Waals surface area contributed by atoms with Crippen molar-refractivity contribution in [1.82, 2.24) is 5.32 Å². The van der Waals surface area contributed by atoms with E-state index < -0.39 is 11.1 Å². The van der Waals surface area contributed by atoms with E-state index in [4.69, 9.17) is 5.73 Å². The highest BCUT2D eigenvalue weighted by Gasteiger charge is 1.95. The molecule has 1 atom stereocenters. The van der Waals surface area contributed by atoms with Crippen LogP contribution in [0.3, 0.4) is 0 Å². The maximum atomic E-state index is 10.5. The fourth-order valence-corrected chi connectivity index (χ4v) is 0.638. The summed E-state index contributed by atoms with van der Waals surface area (Å²) in [5, 5.41) is 2.15. The second-order valence-corrected chi connectivity index (χ2v) is 2.48. The molecular formula is C4H9N2O3S-. The first-order chi connectivity index (χ1) is 4.66. The molecule has 3 N–H and O–H groups in total. The molecular weight excluding hydrogens is 156 g/mol. The molecule has 0 aromatic carbocycles. The monoisotopic (exact) mass is 165 g/mol. The summed E-state index contributed by atoms with van der Waals surface area (Å²) < 4.78 is 19.7. The third kappa shape index (κ3) is 5.67. The minimum absolute atomic E-state index is 0.164. The fourth-order valence-electron chi connectivity index (χ4n) is 0.359. The third-order valence-corrected chi connectivity index (χ3v) is 1.14. The van der Waals surface area contributed by atoms with Gasteiger partial charge in [0, 0.05) is 13.0 Å². The number of rotatable bonds is 4. The van der Waals surface area contributed by atoms with E-state index in [-0.39, 0.29) is 24.7 Å². The van der Waals surface area contributed by atoms with Crippen LogP contribution in [0.4, 0.5) is 0 Å². The Morgan fingerprint density at radius 2 is 2.30 bits per heavy atom. The van der Waals surface area contributed by atoms with Crippen molar-refractivity contribution in [2.45, 2.75) is 6.42 Å². The van der Waals surface area contributed by atoms with Crippen LogP contribution in [0, 0.1) is 0 Å². The molecule has 0 saturated carbocycles. The molecule has 0 bridgehead atoms. The molecule has 0 saturated heterocycles. The van der Waals surface area contributed by atoms with E-state index in [2.05, 4.69) is 5.32 Å². The number of hydrogen-bond donors (Lipinski definition) is 2. The zero-order chi connectivity index (χ0) is 7.98. The minimum atomic E-state index is -2.21. The molecule has 1 amide bonds. The summed E-state index contributed by atoms with van der Waals surface area (Å²) in [7, 11) is 0. The second kappa shape index (κ2) is 5.33. The van der Waals surface area contributed by atoms with Gasteiger partial charge in [0.15, 0.2) is 0 Å². The van der Waals surface area contributed by atoms with Gasteiger partial charge in [-0.05, 0) is 11.1 Å². The number of hydrogen-bond acceptors (Lipinski definition) is 4. The summed E-state index contributed by atoms with van der Waals surface area (Å²) in [6.07, 6.45) is 0.164. The summed E-state index contributed by atoms with van der Waals surface area (Å²) >= 11 is -2.21. The van der Waals surface area contributed by atoms with Crippen molar-refractivity contribution in [1.29, 1.82) is 0 Å².